The van der Waals surface area contributed by atoms with Gasteiger partial charge in [-0.15, -0.1) is 0 Å². The summed E-state index contributed by atoms with van der Waals surface area (Å²) >= 11 is 0. The first kappa shape index (κ1) is 9.83. The van der Waals surface area contributed by atoms with E-state index in [1.165, 1.54) is 6.07 Å². The molecule has 0 amide bonds. The Morgan fingerprint density at radius 3 is 3.07 bits per heavy atom. The van der Waals surface area contributed by atoms with Crippen LogP contribution in [0.2, 0.25) is 0 Å². The van der Waals surface area contributed by atoms with E-state index >= 15 is 0 Å². The molecule has 0 fully saturated rings. The number of esters is 1. The summed E-state index contributed by atoms with van der Waals surface area (Å²) in [6, 6.07) is 3.12. The van der Waals surface area contributed by atoms with Crippen LogP contribution in [0.25, 0.3) is 0 Å². The van der Waals surface area contributed by atoms with Gasteiger partial charge in [-0.25, -0.2) is 4.79 Å². The van der Waals surface area contributed by atoms with Gasteiger partial charge in [0.1, 0.15) is 18.1 Å². The van der Waals surface area contributed by atoms with Crippen molar-refractivity contribution in [2.24, 2.45) is 0 Å². The minimum absolute atomic E-state index is 0.0597. The Kier molecular flexibility index (Phi) is 2.49. The fraction of sp³-hybridized carbons (Fsp3) is 0.364. The number of cyclic esters (lactones) is 1. The Morgan fingerprint density at radius 1 is 1.53 bits per heavy atom. The highest BCUT2D eigenvalue weighted by Crippen LogP contribution is 2.32. The predicted octanol–water partition coefficient (Wildman–Crippen LogP) is 1.85. The van der Waals surface area contributed by atoms with Crippen molar-refractivity contribution in [2.75, 3.05) is 6.61 Å². The van der Waals surface area contributed by atoms with Crippen molar-refractivity contribution >= 4 is 5.97 Å². The SMILES string of the molecule is CCCOc1cc(O)c2c(c1)C(=O)OC2. The lowest BCUT2D eigenvalue weighted by Gasteiger charge is -2.06. The van der Waals surface area contributed by atoms with Crippen LogP contribution >= 0.6 is 0 Å². The molecule has 0 saturated heterocycles. The first-order valence-corrected chi connectivity index (χ1v) is 4.88. The van der Waals surface area contributed by atoms with Gasteiger partial charge in [0, 0.05) is 11.6 Å². The Bertz CT molecular complexity index is 398. The number of benzene rings is 1. The third-order valence-electron chi connectivity index (χ3n) is 2.24. The van der Waals surface area contributed by atoms with Gasteiger partial charge in [-0.1, -0.05) is 6.92 Å². The number of hydrogen-bond acceptors (Lipinski definition) is 4. The van der Waals surface area contributed by atoms with Crippen LogP contribution in [0.4, 0.5) is 0 Å². The summed E-state index contributed by atoms with van der Waals surface area (Å²) in [5.74, 6) is 0.165. The smallest absolute Gasteiger partial charge is 0.339 e. The van der Waals surface area contributed by atoms with Crippen molar-refractivity contribution in [1.29, 1.82) is 0 Å². The molecule has 15 heavy (non-hydrogen) atoms. The lowest BCUT2D eigenvalue weighted by atomic mass is 10.1. The quantitative estimate of drug-likeness (QED) is 0.770. The van der Waals surface area contributed by atoms with Crippen LogP contribution in [0, 0.1) is 0 Å². The first-order valence-electron chi connectivity index (χ1n) is 4.88. The Morgan fingerprint density at radius 2 is 2.33 bits per heavy atom. The minimum atomic E-state index is -0.401. The number of aromatic hydroxyl groups is 1. The van der Waals surface area contributed by atoms with E-state index in [1.807, 2.05) is 6.92 Å². The number of fused-ring (bicyclic) bond motifs is 1. The van der Waals surface area contributed by atoms with Crippen LogP contribution in [0.15, 0.2) is 12.1 Å². The predicted molar refractivity (Wildman–Crippen MR) is 53.0 cm³/mol. The van der Waals surface area contributed by atoms with Crippen molar-refractivity contribution in [2.45, 2.75) is 20.0 Å². The van der Waals surface area contributed by atoms with E-state index in [0.717, 1.165) is 6.42 Å². The Labute approximate surface area is 87.4 Å². The number of rotatable bonds is 3. The summed E-state index contributed by atoms with van der Waals surface area (Å²) in [6.07, 6.45) is 0.877. The van der Waals surface area contributed by atoms with Gasteiger partial charge in [-0.05, 0) is 12.5 Å². The van der Waals surface area contributed by atoms with Crippen molar-refractivity contribution in [3.63, 3.8) is 0 Å². The van der Waals surface area contributed by atoms with Crippen LogP contribution < -0.4 is 4.74 Å². The van der Waals surface area contributed by atoms with Gasteiger partial charge in [-0.3, -0.25) is 0 Å². The second-order valence-corrected chi connectivity index (χ2v) is 3.39. The van der Waals surface area contributed by atoms with E-state index in [2.05, 4.69) is 0 Å². The second kappa shape index (κ2) is 3.81. The lowest BCUT2D eigenvalue weighted by molar-refractivity contribution is 0.0534. The van der Waals surface area contributed by atoms with Gasteiger partial charge in [-0.2, -0.15) is 0 Å². The number of phenols is 1. The molecule has 0 saturated carbocycles. The van der Waals surface area contributed by atoms with Crippen LogP contribution in [-0.4, -0.2) is 17.7 Å². The molecule has 1 aromatic rings. The Hall–Kier alpha value is -1.71. The molecule has 1 N–H and O–H groups in total. The van der Waals surface area contributed by atoms with Crippen LogP contribution in [0.5, 0.6) is 11.5 Å². The van der Waals surface area contributed by atoms with Gasteiger partial charge in [0.05, 0.1) is 12.2 Å². The fourth-order valence-electron chi connectivity index (χ4n) is 1.48. The summed E-state index contributed by atoms with van der Waals surface area (Å²) in [5.41, 5.74) is 0.949. The molecule has 4 heteroatoms. The van der Waals surface area contributed by atoms with E-state index in [0.29, 0.717) is 23.5 Å². The number of phenolic OH excluding ortho intramolecular Hbond substituents is 1. The summed E-state index contributed by atoms with van der Waals surface area (Å²) in [7, 11) is 0. The molecule has 1 heterocycles. The van der Waals surface area contributed by atoms with E-state index in [4.69, 9.17) is 9.47 Å². The van der Waals surface area contributed by atoms with Crippen LogP contribution in [0.3, 0.4) is 0 Å². The molecule has 0 radical (unpaired) electrons. The maximum atomic E-state index is 11.3. The fourth-order valence-corrected chi connectivity index (χ4v) is 1.48. The van der Waals surface area contributed by atoms with Gasteiger partial charge >= 0.3 is 5.97 Å². The summed E-state index contributed by atoms with van der Waals surface area (Å²) in [6.45, 7) is 2.70. The molecule has 0 spiro atoms. The van der Waals surface area contributed by atoms with Gasteiger partial charge in [0.15, 0.2) is 0 Å². The third kappa shape index (κ3) is 1.75. The second-order valence-electron chi connectivity index (χ2n) is 3.39. The van der Waals surface area contributed by atoms with E-state index in [1.54, 1.807) is 6.07 Å². The minimum Gasteiger partial charge on any atom is -0.507 e. The molecule has 0 aliphatic carbocycles. The summed E-state index contributed by atoms with van der Waals surface area (Å²) in [4.78, 5) is 11.3. The maximum Gasteiger partial charge on any atom is 0.339 e. The van der Waals surface area contributed by atoms with Crippen molar-refractivity contribution in [1.82, 2.24) is 0 Å². The van der Waals surface area contributed by atoms with Crippen molar-refractivity contribution < 1.29 is 19.4 Å². The lowest BCUT2D eigenvalue weighted by Crippen LogP contribution is -1.98. The topological polar surface area (TPSA) is 55.8 Å². The molecule has 0 aromatic heterocycles. The average molecular weight is 208 g/mol. The molecule has 1 aliphatic heterocycles. The number of hydrogen-bond donors (Lipinski definition) is 1. The Balaban J connectivity index is 2.33. The normalized spacial score (nSPS) is 13.5. The summed E-state index contributed by atoms with van der Waals surface area (Å²) < 4.78 is 10.2. The highest BCUT2D eigenvalue weighted by molar-refractivity contribution is 5.94. The zero-order valence-corrected chi connectivity index (χ0v) is 8.45. The van der Waals surface area contributed by atoms with Gasteiger partial charge in [0.2, 0.25) is 0 Å². The molecule has 1 aliphatic rings. The highest BCUT2D eigenvalue weighted by atomic mass is 16.5. The van der Waals surface area contributed by atoms with Crippen LogP contribution in [0.1, 0.15) is 29.3 Å². The number of carbonyl (C=O) groups is 1. The van der Waals surface area contributed by atoms with E-state index < -0.39 is 5.97 Å². The molecule has 0 bridgehead atoms. The molecule has 0 unspecified atom stereocenters. The first-order chi connectivity index (χ1) is 7.22. The van der Waals surface area contributed by atoms with Crippen molar-refractivity contribution in [3.8, 4) is 11.5 Å². The van der Waals surface area contributed by atoms with Crippen LogP contribution in [-0.2, 0) is 11.3 Å². The van der Waals surface area contributed by atoms with Gasteiger partial charge in [0.25, 0.3) is 0 Å². The molecule has 1 aromatic carbocycles. The van der Waals surface area contributed by atoms with Gasteiger partial charge < -0.3 is 14.6 Å². The largest absolute Gasteiger partial charge is 0.507 e. The molecular weight excluding hydrogens is 196 g/mol. The zero-order chi connectivity index (χ0) is 10.8. The molecule has 0 atom stereocenters. The van der Waals surface area contributed by atoms with Crippen molar-refractivity contribution in [3.05, 3.63) is 23.3 Å². The monoisotopic (exact) mass is 208 g/mol. The zero-order valence-electron chi connectivity index (χ0n) is 8.45. The standard InChI is InChI=1S/C11H12O4/c1-2-3-14-7-4-8-9(10(12)5-7)6-15-11(8)13/h4-5,12H,2-3,6H2,1H3. The highest BCUT2D eigenvalue weighted by Gasteiger charge is 2.25. The molecule has 80 valence electrons. The van der Waals surface area contributed by atoms with E-state index in [9.17, 15) is 9.90 Å². The number of ether oxygens (including phenoxy) is 2. The summed E-state index contributed by atoms with van der Waals surface area (Å²) in [5, 5.41) is 9.62. The molecule has 4 nitrogen and oxygen atoms in total. The third-order valence-corrected chi connectivity index (χ3v) is 2.24. The van der Waals surface area contributed by atoms with E-state index in [-0.39, 0.29) is 12.4 Å². The molecule has 2 rings (SSSR count). The number of carbonyl (C=O) groups excluding carboxylic acids is 1. The maximum absolute atomic E-state index is 11.3. The molecular formula is C11H12O4. The average Bonchev–Trinajstić information content (AvgIpc) is 2.58.